The number of carbonyl (C=O) groups excluding carboxylic acids is 1. The molecule has 0 aromatic heterocycles. The molecule has 0 aliphatic rings. The van der Waals surface area contributed by atoms with Crippen LogP contribution in [0.3, 0.4) is 0 Å². The summed E-state index contributed by atoms with van der Waals surface area (Å²) in [4.78, 5) is 20.6. The Hall–Kier alpha value is -2.20. The Kier molecular flexibility index (Phi) is 3.39. The van der Waals surface area contributed by atoms with E-state index in [2.05, 4.69) is 0 Å². The summed E-state index contributed by atoms with van der Waals surface area (Å²) in [5.74, 6) is 0. The van der Waals surface area contributed by atoms with Crippen LogP contribution in [0.5, 0.6) is 0 Å². The van der Waals surface area contributed by atoms with E-state index < -0.39 is 4.92 Å². The molecule has 4 nitrogen and oxygen atoms in total. The minimum absolute atomic E-state index is 0.0479. The van der Waals surface area contributed by atoms with Gasteiger partial charge in [0, 0.05) is 23.3 Å². The first-order valence-corrected chi connectivity index (χ1v) is 5.49. The lowest BCUT2D eigenvalue weighted by Crippen LogP contribution is -1.89. The molecule has 0 saturated heterocycles. The van der Waals surface area contributed by atoms with Crippen molar-refractivity contribution in [3.05, 3.63) is 63.2 Å². The van der Waals surface area contributed by atoms with Gasteiger partial charge in [-0.1, -0.05) is 35.9 Å². The van der Waals surface area contributed by atoms with Crippen LogP contribution in [0.25, 0.3) is 11.1 Å². The lowest BCUT2D eigenvalue weighted by molar-refractivity contribution is -0.384. The molecule has 0 N–H and O–H groups in total. The summed E-state index contributed by atoms with van der Waals surface area (Å²) in [6.07, 6.45) is 0.751. The van der Waals surface area contributed by atoms with E-state index in [9.17, 15) is 14.9 Å². The number of non-ortho nitro benzene ring substituents is 1. The van der Waals surface area contributed by atoms with Gasteiger partial charge in [0.05, 0.1) is 9.95 Å². The van der Waals surface area contributed by atoms with Gasteiger partial charge < -0.3 is 0 Å². The van der Waals surface area contributed by atoms with Gasteiger partial charge >= 0.3 is 0 Å². The van der Waals surface area contributed by atoms with Gasteiger partial charge in [0.25, 0.3) is 5.69 Å². The van der Waals surface area contributed by atoms with Crippen molar-refractivity contribution in [1.29, 1.82) is 0 Å². The van der Waals surface area contributed by atoms with Crippen molar-refractivity contribution in [2.45, 2.75) is 0 Å². The van der Waals surface area contributed by atoms with Crippen LogP contribution in [0.2, 0.25) is 5.02 Å². The summed E-state index contributed by atoms with van der Waals surface area (Å²) in [5.41, 5.74) is 2.02. The molecule has 0 amide bonds. The highest BCUT2D eigenvalue weighted by Crippen LogP contribution is 2.31. The molecule has 2 aromatic rings. The summed E-state index contributed by atoms with van der Waals surface area (Å²) in [7, 11) is 0. The van der Waals surface area contributed by atoms with Crippen molar-refractivity contribution >= 4 is 23.6 Å². The number of rotatable bonds is 3. The normalized spacial score (nSPS) is 10.1. The predicted molar refractivity (Wildman–Crippen MR) is 68.9 cm³/mol. The molecule has 0 radical (unpaired) electrons. The number of carbonyl (C=O) groups is 1. The van der Waals surface area contributed by atoms with Crippen LogP contribution in [0.4, 0.5) is 5.69 Å². The second kappa shape index (κ2) is 4.98. The lowest BCUT2D eigenvalue weighted by atomic mass is 10.0. The van der Waals surface area contributed by atoms with Crippen LogP contribution in [0.15, 0.2) is 42.5 Å². The van der Waals surface area contributed by atoms with E-state index >= 15 is 0 Å². The van der Waals surface area contributed by atoms with E-state index in [0.29, 0.717) is 16.1 Å². The maximum Gasteiger partial charge on any atom is 0.270 e. The van der Waals surface area contributed by atoms with Crippen molar-refractivity contribution in [3.8, 4) is 11.1 Å². The molecule has 18 heavy (non-hydrogen) atoms. The van der Waals surface area contributed by atoms with E-state index in [1.54, 1.807) is 30.3 Å². The number of nitrogens with zero attached hydrogens (tertiary/aromatic N) is 1. The van der Waals surface area contributed by atoms with Crippen LogP contribution in [-0.2, 0) is 0 Å². The van der Waals surface area contributed by atoms with Gasteiger partial charge in [0.2, 0.25) is 0 Å². The fraction of sp³-hybridized carbons (Fsp3) is 0. The molecule has 0 saturated carbocycles. The molecular formula is C13H8ClNO3. The zero-order valence-corrected chi connectivity index (χ0v) is 9.92. The molecule has 2 aromatic carbocycles. The second-order valence-corrected chi connectivity index (χ2v) is 4.07. The van der Waals surface area contributed by atoms with Gasteiger partial charge in [0.1, 0.15) is 6.29 Å². The molecule has 0 bridgehead atoms. The number of nitro benzene ring substituents is 1. The molecule has 2 rings (SSSR count). The number of nitro groups is 1. The fourth-order valence-corrected chi connectivity index (χ4v) is 1.88. The molecule has 0 aliphatic heterocycles. The van der Waals surface area contributed by atoms with Gasteiger partial charge in [-0.15, -0.1) is 0 Å². The summed E-state index contributed by atoms with van der Waals surface area (Å²) in [5, 5.41) is 10.9. The summed E-state index contributed by atoms with van der Waals surface area (Å²) in [6, 6.07) is 11.1. The Bertz CT molecular complexity index is 608. The van der Waals surface area contributed by atoms with E-state index in [1.807, 2.05) is 0 Å². The quantitative estimate of drug-likeness (QED) is 0.480. The monoisotopic (exact) mass is 261 g/mol. The smallest absolute Gasteiger partial charge is 0.270 e. The first-order valence-electron chi connectivity index (χ1n) is 5.11. The van der Waals surface area contributed by atoms with Crippen LogP contribution in [0, 0.1) is 10.1 Å². The average molecular weight is 262 g/mol. The van der Waals surface area contributed by atoms with E-state index in [4.69, 9.17) is 11.6 Å². The first kappa shape index (κ1) is 12.3. The van der Waals surface area contributed by atoms with Crippen LogP contribution in [-0.4, -0.2) is 11.2 Å². The minimum Gasteiger partial charge on any atom is -0.298 e. The van der Waals surface area contributed by atoms with Gasteiger partial charge in [-0.2, -0.15) is 0 Å². The number of aldehydes is 1. The van der Waals surface area contributed by atoms with Gasteiger partial charge in [-0.25, -0.2) is 0 Å². The predicted octanol–water partition coefficient (Wildman–Crippen LogP) is 3.73. The molecular weight excluding hydrogens is 254 g/mol. The van der Waals surface area contributed by atoms with Gasteiger partial charge in [0.15, 0.2) is 0 Å². The Balaban J connectivity index is 2.44. The van der Waals surface area contributed by atoms with E-state index in [0.717, 1.165) is 11.8 Å². The van der Waals surface area contributed by atoms with E-state index in [-0.39, 0.29) is 5.69 Å². The third-order valence-electron chi connectivity index (χ3n) is 2.52. The minimum atomic E-state index is -0.495. The zero-order chi connectivity index (χ0) is 13.1. The highest BCUT2D eigenvalue weighted by Gasteiger charge is 2.10. The molecule has 0 heterocycles. The van der Waals surface area contributed by atoms with Crippen LogP contribution >= 0.6 is 11.6 Å². The zero-order valence-electron chi connectivity index (χ0n) is 9.17. The Labute approximate surface area is 108 Å². The average Bonchev–Trinajstić information content (AvgIpc) is 2.38. The Morgan fingerprint density at radius 3 is 2.28 bits per heavy atom. The molecule has 90 valence electrons. The van der Waals surface area contributed by atoms with Crippen molar-refractivity contribution in [1.82, 2.24) is 0 Å². The van der Waals surface area contributed by atoms with Crippen molar-refractivity contribution in [2.75, 3.05) is 0 Å². The largest absolute Gasteiger partial charge is 0.298 e. The van der Waals surface area contributed by atoms with Gasteiger partial charge in [-0.3, -0.25) is 14.9 Å². The molecule has 0 atom stereocenters. The molecule has 0 fully saturated rings. The third kappa shape index (κ3) is 2.38. The highest BCUT2D eigenvalue weighted by molar-refractivity contribution is 6.33. The molecule has 0 unspecified atom stereocenters. The Morgan fingerprint density at radius 2 is 1.78 bits per heavy atom. The first-order chi connectivity index (χ1) is 8.61. The maximum absolute atomic E-state index is 10.6. The number of halogens is 1. The fourth-order valence-electron chi connectivity index (χ4n) is 1.59. The van der Waals surface area contributed by atoms with Crippen LogP contribution in [0.1, 0.15) is 10.4 Å². The van der Waals surface area contributed by atoms with E-state index in [1.165, 1.54) is 12.1 Å². The maximum atomic E-state index is 10.6. The van der Waals surface area contributed by atoms with Gasteiger partial charge in [-0.05, 0) is 11.6 Å². The second-order valence-electron chi connectivity index (χ2n) is 3.66. The SMILES string of the molecule is O=Cc1ccc(-c2ccc([N+](=O)[O-])cc2Cl)cc1. The topological polar surface area (TPSA) is 60.2 Å². The Morgan fingerprint density at radius 1 is 1.11 bits per heavy atom. The molecule has 5 heteroatoms. The van der Waals surface area contributed by atoms with Crippen LogP contribution < -0.4 is 0 Å². The summed E-state index contributed by atoms with van der Waals surface area (Å²) >= 11 is 6.01. The number of benzene rings is 2. The number of hydrogen-bond acceptors (Lipinski definition) is 3. The van der Waals surface area contributed by atoms with Crippen molar-refractivity contribution < 1.29 is 9.72 Å². The number of hydrogen-bond donors (Lipinski definition) is 0. The summed E-state index contributed by atoms with van der Waals surface area (Å²) < 4.78 is 0. The molecule has 0 aliphatic carbocycles. The standard InChI is InChI=1S/C13H8ClNO3/c14-13-7-11(15(17)18)5-6-12(13)10-3-1-9(8-16)2-4-10/h1-8H. The van der Waals surface area contributed by atoms with Crippen molar-refractivity contribution in [3.63, 3.8) is 0 Å². The molecule has 0 spiro atoms. The highest BCUT2D eigenvalue weighted by atomic mass is 35.5. The van der Waals surface area contributed by atoms with Crippen molar-refractivity contribution in [2.24, 2.45) is 0 Å². The lowest BCUT2D eigenvalue weighted by Gasteiger charge is -2.04. The third-order valence-corrected chi connectivity index (χ3v) is 2.83. The summed E-state index contributed by atoms with van der Waals surface area (Å²) in [6.45, 7) is 0.